The molecule has 1 aromatic rings. The van der Waals surface area contributed by atoms with Crippen LogP contribution in [-0.4, -0.2) is 47.9 Å². The van der Waals surface area contributed by atoms with E-state index in [4.69, 9.17) is 11.1 Å². The highest BCUT2D eigenvalue weighted by Gasteiger charge is 2.24. The van der Waals surface area contributed by atoms with Gasteiger partial charge in [0.15, 0.2) is 0 Å². The van der Waals surface area contributed by atoms with Gasteiger partial charge in [-0.15, -0.1) is 0 Å². The van der Waals surface area contributed by atoms with Crippen LogP contribution in [0.1, 0.15) is 19.4 Å². The van der Waals surface area contributed by atoms with Crippen molar-refractivity contribution in [3.05, 3.63) is 23.9 Å². The van der Waals surface area contributed by atoms with Gasteiger partial charge in [-0.3, -0.25) is 10.3 Å². The second kappa shape index (κ2) is 5.35. The molecule has 5 nitrogen and oxygen atoms in total. The van der Waals surface area contributed by atoms with Crippen LogP contribution in [0.2, 0.25) is 0 Å². The minimum atomic E-state index is 0.0867. The van der Waals surface area contributed by atoms with Crippen LogP contribution in [0.5, 0.6) is 0 Å². The van der Waals surface area contributed by atoms with Crippen molar-refractivity contribution in [3.8, 4) is 0 Å². The number of pyridine rings is 1. The van der Waals surface area contributed by atoms with E-state index in [2.05, 4.69) is 28.6 Å². The van der Waals surface area contributed by atoms with Crippen molar-refractivity contribution in [1.82, 2.24) is 9.88 Å². The number of hydrogen-bond acceptors (Lipinski definition) is 4. The Morgan fingerprint density at radius 3 is 2.94 bits per heavy atom. The summed E-state index contributed by atoms with van der Waals surface area (Å²) in [6.45, 7) is 8.41. The van der Waals surface area contributed by atoms with Crippen LogP contribution >= 0.6 is 0 Å². The summed E-state index contributed by atoms with van der Waals surface area (Å²) in [5.41, 5.74) is 6.35. The Bertz CT molecular complexity index is 431. The molecule has 0 amide bonds. The summed E-state index contributed by atoms with van der Waals surface area (Å²) < 4.78 is 0. The zero-order valence-electron chi connectivity index (χ0n) is 11.1. The summed E-state index contributed by atoms with van der Waals surface area (Å²) in [4.78, 5) is 9.08. The van der Waals surface area contributed by atoms with Crippen molar-refractivity contribution in [2.75, 3.05) is 31.1 Å². The van der Waals surface area contributed by atoms with E-state index in [1.807, 2.05) is 12.1 Å². The lowest BCUT2D eigenvalue weighted by Crippen LogP contribution is -2.52. The van der Waals surface area contributed by atoms with Crippen molar-refractivity contribution < 1.29 is 0 Å². The second-order valence-corrected chi connectivity index (χ2v) is 4.71. The fourth-order valence-electron chi connectivity index (χ4n) is 2.52. The standard InChI is InChI=1S/C13H21N5/c1-3-17-7-8-18(9-10(17)2)13-11(12(14)15)5-4-6-16-13/h4-6,10H,3,7-9H2,1-2H3,(H3,14,15). The molecule has 1 fully saturated rings. The second-order valence-electron chi connectivity index (χ2n) is 4.71. The Kier molecular flexibility index (Phi) is 3.81. The van der Waals surface area contributed by atoms with Crippen LogP contribution in [0.3, 0.4) is 0 Å². The van der Waals surface area contributed by atoms with Crippen molar-refractivity contribution >= 4 is 11.7 Å². The molecular weight excluding hydrogens is 226 g/mol. The zero-order chi connectivity index (χ0) is 13.1. The van der Waals surface area contributed by atoms with Gasteiger partial charge in [-0.2, -0.15) is 0 Å². The van der Waals surface area contributed by atoms with Crippen LogP contribution in [0.15, 0.2) is 18.3 Å². The van der Waals surface area contributed by atoms with Crippen LogP contribution < -0.4 is 10.6 Å². The number of anilines is 1. The molecule has 98 valence electrons. The van der Waals surface area contributed by atoms with Gasteiger partial charge < -0.3 is 10.6 Å². The molecule has 1 aliphatic rings. The lowest BCUT2D eigenvalue weighted by molar-refractivity contribution is 0.199. The smallest absolute Gasteiger partial charge is 0.139 e. The molecule has 2 heterocycles. The van der Waals surface area contributed by atoms with E-state index in [0.29, 0.717) is 6.04 Å². The molecule has 0 bridgehead atoms. The van der Waals surface area contributed by atoms with Crippen LogP contribution in [0.4, 0.5) is 5.82 Å². The molecular formula is C13H21N5. The normalized spacial score (nSPS) is 21.0. The summed E-state index contributed by atoms with van der Waals surface area (Å²) in [7, 11) is 0. The average molecular weight is 247 g/mol. The number of amidine groups is 1. The molecule has 1 aromatic heterocycles. The Balaban J connectivity index is 2.20. The number of rotatable bonds is 3. The Morgan fingerprint density at radius 2 is 2.33 bits per heavy atom. The van der Waals surface area contributed by atoms with Crippen LogP contribution in [0, 0.1) is 5.41 Å². The Morgan fingerprint density at radius 1 is 1.56 bits per heavy atom. The third-order valence-electron chi connectivity index (χ3n) is 3.55. The molecule has 0 spiro atoms. The molecule has 1 unspecified atom stereocenters. The number of nitrogens with two attached hydrogens (primary N) is 1. The van der Waals surface area contributed by atoms with Gasteiger partial charge in [0, 0.05) is 31.9 Å². The van der Waals surface area contributed by atoms with E-state index >= 15 is 0 Å². The maximum absolute atomic E-state index is 7.62. The van der Waals surface area contributed by atoms with E-state index < -0.39 is 0 Å². The summed E-state index contributed by atoms with van der Waals surface area (Å²) >= 11 is 0. The number of aromatic nitrogens is 1. The van der Waals surface area contributed by atoms with Crippen LogP contribution in [0.25, 0.3) is 0 Å². The van der Waals surface area contributed by atoms with Crippen molar-refractivity contribution in [3.63, 3.8) is 0 Å². The fourth-order valence-corrected chi connectivity index (χ4v) is 2.52. The van der Waals surface area contributed by atoms with Crippen molar-refractivity contribution in [2.45, 2.75) is 19.9 Å². The summed E-state index contributed by atoms with van der Waals surface area (Å²) in [6.07, 6.45) is 1.76. The summed E-state index contributed by atoms with van der Waals surface area (Å²) in [6, 6.07) is 4.19. The van der Waals surface area contributed by atoms with Gasteiger partial charge in [-0.1, -0.05) is 6.92 Å². The minimum absolute atomic E-state index is 0.0867. The van der Waals surface area contributed by atoms with E-state index in [1.54, 1.807) is 6.20 Å². The molecule has 5 heteroatoms. The fraction of sp³-hybridized carbons (Fsp3) is 0.538. The van der Waals surface area contributed by atoms with Gasteiger partial charge in [0.1, 0.15) is 11.7 Å². The predicted octanol–water partition coefficient (Wildman–Crippen LogP) is 0.896. The first-order valence-electron chi connectivity index (χ1n) is 6.42. The number of likely N-dealkylation sites (N-methyl/N-ethyl adjacent to an activating group) is 1. The van der Waals surface area contributed by atoms with Gasteiger partial charge in [-0.05, 0) is 25.6 Å². The first-order valence-corrected chi connectivity index (χ1v) is 6.42. The number of nitrogens with zero attached hydrogens (tertiary/aromatic N) is 3. The van der Waals surface area contributed by atoms with Gasteiger partial charge in [0.2, 0.25) is 0 Å². The van der Waals surface area contributed by atoms with Gasteiger partial charge >= 0.3 is 0 Å². The third-order valence-corrected chi connectivity index (χ3v) is 3.55. The van der Waals surface area contributed by atoms with Crippen molar-refractivity contribution in [1.29, 1.82) is 5.41 Å². The molecule has 1 atom stereocenters. The molecule has 1 saturated heterocycles. The number of hydrogen-bond donors (Lipinski definition) is 2. The first-order chi connectivity index (χ1) is 8.63. The lowest BCUT2D eigenvalue weighted by Gasteiger charge is -2.40. The highest BCUT2D eigenvalue weighted by atomic mass is 15.3. The van der Waals surface area contributed by atoms with E-state index in [0.717, 1.165) is 37.6 Å². The highest BCUT2D eigenvalue weighted by Crippen LogP contribution is 2.20. The maximum atomic E-state index is 7.62. The molecule has 0 aliphatic carbocycles. The van der Waals surface area contributed by atoms with Gasteiger partial charge in [-0.25, -0.2) is 4.98 Å². The highest BCUT2D eigenvalue weighted by molar-refractivity contribution is 5.99. The Labute approximate surface area is 108 Å². The minimum Gasteiger partial charge on any atom is -0.384 e. The topological polar surface area (TPSA) is 69.2 Å². The number of nitrogens with one attached hydrogen (secondary N) is 1. The predicted molar refractivity (Wildman–Crippen MR) is 74.2 cm³/mol. The monoisotopic (exact) mass is 247 g/mol. The molecule has 3 N–H and O–H groups in total. The summed E-state index contributed by atoms with van der Waals surface area (Å²) in [5.74, 6) is 0.927. The SMILES string of the molecule is CCN1CCN(c2ncccc2C(=N)N)CC1C. The molecule has 0 saturated carbocycles. The van der Waals surface area contributed by atoms with Gasteiger partial charge in [0.25, 0.3) is 0 Å². The zero-order valence-corrected chi connectivity index (χ0v) is 11.1. The molecule has 0 radical (unpaired) electrons. The molecule has 1 aliphatic heterocycles. The van der Waals surface area contributed by atoms with Crippen LogP contribution in [-0.2, 0) is 0 Å². The van der Waals surface area contributed by atoms with E-state index in [9.17, 15) is 0 Å². The number of nitrogen functional groups attached to an aromatic ring is 1. The maximum Gasteiger partial charge on any atom is 0.139 e. The molecule has 18 heavy (non-hydrogen) atoms. The Hall–Kier alpha value is -1.62. The largest absolute Gasteiger partial charge is 0.384 e. The summed E-state index contributed by atoms with van der Waals surface area (Å²) in [5, 5.41) is 7.62. The average Bonchev–Trinajstić information content (AvgIpc) is 2.38. The third kappa shape index (κ3) is 2.46. The molecule has 0 aromatic carbocycles. The lowest BCUT2D eigenvalue weighted by atomic mass is 10.1. The van der Waals surface area contributed by atoms with E-state index in [1.165, 1.54) is 0 Å². The number of piperazine rings is 1. The quantitative estimate of drug-likeness (QED) is 0.615. The first kappa shape index (κ1) is 12.8. The van der Waals surface area contributed by atoms with Crippen molar-refractivity contribution in [2.24, 2.45) is 5.73 Å². The van der Waals surface area contributed by atoms with E-state index in [-0.39, 0.29) is 5.84 Å². The van der Waals surface area contributed by atoms with Gasteiger partial charge in [0.05, 0.1) is 5.56 Å². The molecule has 2 rings (SSSR count).